The van der Waals surface area contributed by atoms with Gasteiger partial charge in [0, 0.05) is 25.3 Å². The Labute approximate surface area is 119 Å². The maximum Gasteiger partial charge on any atom is 0.244 e. The second-order valence-corrected chi connectivity index (χ2v) is 6.21. The van der Waals surface area contributed by atoms with Crippen LogP contribution in [0.1, 0.15) is 12.8 Å². The number of benzene rings is 1. The van der Waals surface area contributed by atoms with Crippen molar-refractivity contribution in [1.29, 1.82) is 0 Å². The van der Waals surface area contributed by atoms with E-state index in [0.29, 0.717) is 37.6 Å². The van der Waals surface area contributed by atoms with Gasteiger partial charge < -0.3 is 14.2 Å². The lowest BCUT2D eigenvalue weighted by Gasteiger charge is -2.23. The Bertz CT molecular complexity index is 552. The molecule has 0 amide bonds. The normalized spacial score (nSPS) is 16.9. The van der Waals surface area contributed by atoms with Crippen molar-refractivity contribution in [3.63, 3.8) is 0 Å². The minimum absolute atomic E-state index is 0.0887. The van der Waals surface area contributed by atoms with Crippen LogP contribution in [0.2, 0.25) is 0 Å². The molecule has 0 radical (unpaired) electrons. The van der Waals surface area contributed by atoms with Crippen molar-refractivity contribution in [1.82, 2.24) is 4.72 Å². The molecule has 1 aromatic carbocycles. The lowest BCUT2D eigenvalue weighted by molar-refractivity contribution is 0.0832. The smallest absolute Gasteiger partial charge is 0.244 e. The Balaban J connectivity index is 2.27. The van der Waals surface area contributed by atoms with E-state index in [-0.39, 0.29) is 10.9 Å². The fourth-order valence-corrected chi connectivity index (χ4v) is 3.58. The molecule has 1 fully saturated rings. The Morgan fingerprint density at radius 2 is 1.90 bits per heavy atom. The summed E-state index contributed by atoms with van der Waals surface area (Å²) in [7, 11) is -0.716. The summed E-state index contributed by atoms with van der Waals surface area (Å²) >= 11 is 0. The first-order valence-electron chi connectivity index (χ1n) is 6.39. The monoisotopic (exact) mass is 301 g/mol. The minimum atomic E-state index is -3.65. The third-order valence-electron chi connectivity index (χ3n) is 3.20. The Morgan fingerprint density at radius 3 is 2.50 bits per heavy atom. The molecular formula is C13H19NO5S. The number of nitrogens with one attached hydrogen (secondary N) is 1. The van der Waals surface area contributed by atoms with Gasteiger partial charge in [0.2, 0.25) is 10.0 Å². The van der Waals surface area contributed by atoms with E-state index in [1.54, 1.807) is 12.1 Å². The van der Waals surface area contributed by atoms with Gasteiger partial charge in [-0.2, -0.15) is 0 Å². The van der Waals surface area contributed by atoms with E-state index >= 15 is 0 Å². The second-order valence-electron chi connectivity index (χ2n) is 4.52. The summed E-state index contributed by atoms with van der Waals surface area (Å²) in [6.07, 6.45) is 1.34. The third-order valence-corrected chi connectivity index (χ3v) is 4.75. The predicted octanol–water partition coefficient (Wildman–Crippen LogP) is 1.16. The Hall–Kier alpha value is -1.31. The summed E-state index contributed by atoms with van der Waals surface area (Å²) in [4.78, 5) is 0.0887. The molecule has 1 aromatic rings. The van der Waals surface area contributed by atoms with E-state index in [0.717, 1.165) is 0 Å². The van der Waals surface area contributed by atoms with E-state index in [4.69, 9.17) is 14.2 Å². The van der Waals surface area contributed by atoms with E-state index in [1.807, 2.05) is 0 Å². The summed E-state index contributed by atoms with van der Waals surface area (Å²) in [5, 5.41) is 0. The lowest BCUT2D eigenvalue weighted by atomic mass is 10.1. The van der Waals surface area contributed by atoms with Crippen LogP contribution < -0.4 is 14.2 Å². The Morgan fingerprint density at radius 1 is 1.20 bits per heavy atom. The maximum atomic E-state index is 12.5. The first kappa shape index (κ1) is 15.1. The average molecular weight is 301 g/mol. The highest BCUT2D eigenvalue weighted by molar-refractivity contribution is 7.89. The molecule has 0 bridgehead atoms. The fraction of sp³-hybridized carbons (Fsp3) is 0.538. The lowest BCUT2D eigenvalue weighted by Crippen LogP contribution is -2.38. The molecular weight excluding hydrogens is 282 g/mol. The summed E-state index contributed by atoms with van der Waals surface area (Å²) in [5.74, 6) is 0.767. The quantitative estimate of drug-likeness (QED) is 0.883. The molecule has 1 heterocycles. The van der Waals surface area contributed by atoms with E-state index in [9.17, 15) is 8.42 Å². The molecule has 7 heteroatoms. The molecule has 1 saturated heterocycles. The van der Waals surface area contributed by atoms with Crippen LogP contribution in [0.4, 0.5) is 0 Å². The molecule has 112 valence electrons. The molecule has 1 aliphatic heterocycles. The van der Waals surface area contributed by atoms with Crippen molar-refractivity contribution in [2.45, 2.75) is 23.8 Å². The number of sulfonamides is 1. The fourth-order valence-electron chi connectivity index (χ4n) is 2.09. The van der Waals surface area contributed by atoms with Crippen LogP contribution in [0.3, 0.4) is 0 Å². The summed E-state index contributed by atoms with van der Waals surface area (Å²) in [6.45, 7) is 1.14. The molecule has 0 aromatic heterocycles. The molecule has 0 saturated carbocycles. The topological polar surface area (TPSA) is 73.9 Å². The predicted molar refractivity (Wildman–Crippen MR) is 73.7 cm³/mol. The number of hydrogen-bond donors (Lipinski definition) is 1. The van der Waals surface area contributed by atoms with Crippen LogP contribution in [-0.4, -0.2) is 41.9 Å². The van der Waals surface area contributed by atoms with Gasteiger partial charge in [-0.25, -0.2) is 13.1 Å². The van der Waals surface area contributed by atoms with Gasteiger partial charge in [0.15, 0.2) is 0 Å². The van der Waals surface area contributed by atoms with Gasteiger partial charge in [0.25, 0.3) is 0 Å². The zero-order valence-corrected chi connectivity index (χ0v) is 12.4. The molecule has 2 rings (SSSR count). The van der Waals surface area contributed by atoms with Crippen LogP contribution in [-0.2, 0) is 14.8 Å². The van der Waals surface area contributed by atoms with Gasteiger partial charge in [0.05, 0.1) is 14.2 Å². The van der Waals surface area contributed by atoms with Crippen molar-refractivity contribution in [2.75, 3.05) is 27.4 Å². The number of methoxy groups -OCH3 is 2. The van der Waals surface area contributed by atoms with E-state index in [1.165, 1.54) is 20.3 Å². The SMILES string of the molecule is COc1ccc(OC)c(S(=O)(=O)NC2CCOCC2)c1. The van der Waals surface area contributed by atoms with E-state index in [2.05, 4.69) is 4.72 Å². The second kappa shape index (κ2) is 6.43. The number of rotatable bonds is 5. The zero-order valence-electron chi connectivity index (χ0n) is 11.6. The molecule has 1 N–H and O–H groups in total. The zero-order chi connectivity index (χ0) is 14.6. The molecule has 1 aliphatic rings. The summed E-state index contributed by atoms with van der Waals surface area (Å²) in [6, 6.07) is 4.59. The number of hydrogen-bond acceptors (Lipinski definition) is 5. The van der Waals surface area contributed by atoms with Gasteiger partial charge in [0.1, 0.15) is 16.4 Å². The van der Waals surface area contributed by atoms with Crippen molar-refractivity contribution >= 4 is 10.0 Å². The summed E-state index contributed by atoms with van der Waals surface area (Å²) in [5.41, 5.74) is 0. The van der Waals surface area contributed by atoms with Crippen LogP contribution in [0.15, 0.2) is 23.1 Å². The Kier molecular flexibility index (Phi) is 4.85. The van der Waals surface area contributed by atoms with Gasteiger partial charge in [-0.3, -0.25) is 0 Å². The number of ether oxygens (including phenoxy) is 3. The van der Waals surface area contributed by atoms with Crippen molar-refractivity contribution in [2.24, 2.45) is 0 Å². The molecule has 0 aliphatic carbocycles. The maximum absolute atomic E-state index is 12.5. The molecule has 6 nitrogen and oxygen atoms in total. The molecule has 20 heavy (non-hydrogen) atoms. The van der Waals surface area contributed by atoms with Crippen molar-refractivity contribution < 1.29 is 22.6 Å². The van der Waals surface area contributed by atoms with Crippen LogP contribution in [0.25, 0.3) is 0 Å². The van der Waals surface area contributed by atoms with E-state index < -0.39 is 10.0 Å². The summed E-state index contributed by atoms with van der Waals surface area (Å²) < 4.78 is 43.0. The van der Waals surface area contributed by atoms with Crippen LogP contribution in [0, 0.1) is 0 Å². The standard InChI is InChI=1S/C13H19NO5S/c1-17-11-3-4-12(18-2)13(9-11)20(15,16)14-10-5-7-19-8-6-10/h3-4,9-10,14H,5-8H2,1-2H3. The van der Waals surface area contributed by atoms with Crippen LogP contribution in [0.5, 0.6) is 11.5 Å². The first-order chi connectivity index (χ1) is 9.56. The minimum Gasteiger partial charge on any atom is -0.497 e. The molecule has 0 atom stereocenters. The molecule has 0 spiro atoms. The van der Waals surface area contributed by atoms with Gasteiger partial charge >= 0.3 is 0 Å². The van der Waals surface area contributed by atoms with Gasteiger partial charge in [-0.05, 0) is 25.0 Å². The van der Waals surface area contributed by atoms with Gasteiger partial charge in [-0.15, -0.1) is 0 Å². The van der Waals surface area contributed by atoms with Crippen molar-refractivity contribution in [3.05, 3.63) is 18.2 Å². The highest BCUT2D eigenvalue weighted by Crippen LogP contribution is 2.28. The molecule has 0 unspecified atom stereocenters. The highest BCUT2D eigenvalue weighted by Gasteiger charge is 2.25. The highest BCUT2D eigenvalue weighted by atomic mass is 32.2. The van der Waals surface area contributed by atoms with Gasteiger partial charge in [-0.1, -0.05) is 0 Å². The third kappa shape index (κ3) is 3.41. The van der Waals surface area contributed by atoms with Crippen LogP contribution >= 0.6 is 0 Å². The average Bonchev–Trinajstić information content (AvgIpc) is 2.47. The van der Waals surface area contributed by atoms with Crippen molar-refractivity contribution in [3.8, 4) is 11.5 Å². The largest absolute Gasteiger partial charge is 0.497 e. The first-order valence-corrected chi connectivity index (χ1v) is 7.87.